The topological polar surface area (TPSA) is 47.6 Å². The van der Waals surface area contributed by atoms with Crippen LogP contribution < -0.4 is 14.8 Å². The normalized spacial score (nSPS) is 11.6. The zero-order valence-electron chi connectivity index (χ0n) is 13.9. The average Bonchev–Trinajstić information content (AvgIpc) is 2.60. The molecule has 0 saturated heterocycles. The van der Waals surface area contributed by atoms with Gasteiger partial charge in [0.05, 0.1) is 7.11 Å². The van der Waals surface area contributed by atoms with Crippen LogP contribution in [0, 0.1) is 0 Å². The van der Waals surface area contributed by atoms with Crippen LogP contribution in [0.15, 0.2) is 48.5 Å². The molecule has 1 amide bonds. The number of halogens is 1. The van der Waals surface area contributed by atoms with Crippen LogP contribution in [0.25, 0.3) is 0 Å². The van der Waals surface area contributed by atoms with Gasteiger partial charge in [-0.25, -0.2) is 0 Å². The van der Waals surface area contributed by atoms with Crippen molar-refractivity contribution in [3.05, 3.63) is 59.1 Å². The second kappa shape index (κ2) is 9.18. The Labute approximate surface area is 147 Å². The molecule has 0 spiro atoms. The molecule has 2 aromatic rings. The number of aryl methyl sites for hydroxylation is 1. The van der Waals surface area contributed by atoms with Crippen LogP contribution in [0.5, 0.6) is 11.5 Å². The van der Waals surface area contributed by atoms with E-state index in [0.29, 0.717) is 12.3 Å². The van der Waals surface area contributed by atoms with Crippen LogP contribution in [0.1, 0.15) is 18.9 Å². The van der Waals surface area contributed by atoms with Crippen molar-refractivity contribution in [1.82, 2.24) is 5.32 Å². The fraction of sp³-hybridized carbons (Fsp3) is 0.316. The van der Waals surface area contributed by atoms with Crippen molar-refractivity contribution in [1.29, 1.82) is 0 Å². The van der Waals surface area contributed by atoms with Gasteiger partial charge in [0.2, 0.25) is 0 Å². The number of carbonyl (C=O) groups is 1. The van der Waals surface area contributed by atoms with Gasteiger partial charge >= 0.3 is 0 Å². The summed E-state index contributed by atoms with van der Waals surface area (Å²) in [4.78, 5) is 12.1. The molecule has 5 heteroatoms. The van der Waals surface area contributed by atoms with E-state index < -0.39 is 6.10 Å². The summed E-state index contributed by atoms with van der Waals surface area (Å²) in [7, 11) is 1.61. The molecule has 0 aliphatic rings. The molecular weight excluding hydrogens is 326 g/mol. The summed E-state index contributed by atoms with van der Waals surface area (Å²) in [5, 5.41) is 3.65. The van der Waals surface area contributed by atoms with Crippen LogP contribution in [0.4, 0.5) is 0 Å². The van der Waals surface area contributed by atoms with Crippen molar-refractivity contribution < 1.29 is 14.3 Å². The first kappa shape index (κ1) is 18.1. The smallest absolute Gasteiger partial charge is 0.260 e. The maximum atomic E-state index is 12.1. The number of rotatable bonds is 8. The number of hydrogen-bond donors (Lipinski definition) is 1. The third kappa shape index (κ3) is 5.46. The first-order valence-electron chi connectivity index (χ1n) is 7.92. The van der Waals surface area contributed by atoms with Crippen molar-refractivity contribution in [3.63, 3.8) is 0 Å². The van der Waals surface area contributed by atoms with Gasteiger partial charge in [0.15, 0.2) is 6.10 Å². The minimum Gasteiger partial charge on any atom is -0.497 e. The molecule has 0 unspecified atom stereocenters. The lowest BCUT2D eigenvalue weighted by molar-refractivity contribution is -0.127. The molecule has 2 rings (SSSR count). The molecule has 128 valence electrons. The van der Waals surface area contributed by atoms with Gasteiger partial charge in [-0.3, -0.25) is 4.79 Å². The standard InChI is InChI=1S/C19H22ClNO3/c1-14(24-17-11-9-16(23-2)10-12-17)19(22)21-13-5-7-15-6-3-4-8-18(15)20/h3-4,6,8-12,14H,5,7,13H2,1-2H3,(H,21,22)/t14-/m0/s1. The summed E-state index contributed by atoms with van der Waals surface area (Å²) in [6, 6.07) is 14.9. The molecule has 0 radical (unpaired) electrons. The monoisotopic (exact) mass is 347 g/mol. The van der Waals surface area contributed by atoms with Gasteiger partial charge in [-0.15, -0.1) is 0 Å². The van der Waals surface area contributed by atoms with Gasteiger partial charge in [0.1, 0.15) is 11.5 Å². The zero-order chi connectivity index (χ0) is 17.4. The maximum Gasteiger partial charge on any atom is 0.260 e. The fourth-order valence-electron chi connectivity index (χ4n) is 2.25. The lowest BCUT2D eigenvalue weighted by Crippen LogP contribution is -2.36. The Bertz CT molecular complexity index is 658. The Kier molecular flexibility index (Phi) is 6.94. The van der Waals surface area contributed by atoms with E-state index in [4.69, 9.17) is 21.1 Å². The first-order valence-corrected chi connectivity index (χ1v) is 8.30. The molecule has 0 aliphatic carbocycles. The van der Waals surface area contributed by atoms with Crippen molar-refractivity contribution in [3.8, 4) is 11.5 Å². The molecule has 24 heavy (non-hydrogen) atoms. The minimum atomic E-state index is -0.557. The molecule has 0 bridgehead atoms. The summed E-state index contributed by atoms with van der Waals surface area (Å²) in [6.45, 7) is 2.31. The highest BCUT2D eigenvalue weighted by Crippen LogP contribution is 2.18. The molecule has 1 atom stereocenters. The van der Waals surface area contributed by atoms with Crippen LogP contribution in [0.2, 0.25) is 5.02 Å². The number of benzene rings is 2. The molecule has 0 saturated carbocycles. The van der Waals surface area contributed by atoms with Crippen molar-refractivity contribution in [2.24, 2.45) is 0 Å². The summed E-state index contributed by atoms with van der Waals surface area (Å²) < 4.78 is 10.7. The Hall–Kier alpha value is -2.20. The second-order valence-electron chi connectivity index (χ2n) is 5.42. The predicted molar refractivity (Wildman–Crippen MR) is 95.9 cm³/mol. The maximum absolute atomic E-state index is 12.1. The quantitative estimate of drug-likeness (QED) is 0.737. The van der Waals surface area contributed by atoms with E-state index in [0.717, 1.165) is 29.2 Å². The molecule has 0 aromatic heterocycles. The highest BCUT2D eigenvalue weighted by molar-refractivity contribution is 6.31. The number of amides is 1. The number of methoxy groups -OCH3 is 1. The van der Waals surface area contributed by atoms with Crippen molar-refractivity contribution >= 4 is 17.5 Å². The lowest BCUT2D eigenvalue weighted by atomic mass is 10.1. The SMILES string of the molecule is COc1ccc(O[C@@H](C)C(=O)NCCCc2ccccc2Cl)cc1. The first-order chi connectivity index (χ1) is 11.6. The third-order valence-corrected chi connectivity index (χ3v) is 3.99. The van der Waals surface area contributed by atoms with Crippen LogP contribution in [-0.2, 0) is 11.2 Å². The van der Waals surface area contributed by atoms with E-state index in [-0.39, 0.29) is 5.91 Å². The summed E-state index contributed by atoms with van der Waals surface area (Å²) in [5.41, 5.74) is 1.09. The predicted octanol–water partition coefficient (Wildman–Crippen LogP) is 3.86. The summed E-state index contributed by atoms with van der Waals surface area (Å²) >= 11 is 6.11. The Morgan fingerprint density at radius 3 is 2.46 bits per heavy atom. The van der Waals surface area contributed by atoms with Gasteiger partial charge in [0, 0.05) is 11.6 Å². The highest BCUT2D eigenvalue weighted by atomic mass is 35.5. The number of carbonyl (C=O) groups excluding carboxylic acids is 1. The lowest BCUT2D eigenvalue weighted by Gasteiger charge is -2.15. The largest absolute Gasteiger partial charge is 0.497 e. The van der Waals surface area contributed by atoms with Gasteiger partial charge in [0.25, 0.3) is 5.91 Å². The Morgan fingerprint density at radius 2 is 1.79 bits per heavy atom. The number of hydrogen-bond acceptors (Lipinski definition) is 3. The molecule has 2 aromatic carbocycles. The highest BCUT2D eigenvalue weighted by Gasteiger charge is 2.14. The molecule has 4 nitrogen and oxygen atoms in total. The Balaban J connectivity index is 1.72. The second-order valence-corrected chi connectivity index (χ2v) is 5.83. The van der Waals surface area contributed by atoms with Crippen molar-refractivity contribution in [2.75, 3.05) is 13.7 Å². The van der Waals surface area contributed by atoms with Gasteiger partial charge in [-0.1, -0.05) is 29.8 Å². The molecule has 0 aliphatic heterocycles. The average molecular weight is 348 g/mol. The van der Waals surface area contributed by atoms with Crippen LogP contribution >= 0.6 is 11.6 Å². The summed E-state index contributed by atoms with van der Waals surface area (Å²) in [5.74, 6) is 1.25. The van der Waals surface area contributed by atoms with E-state index in [9.17, 15) is 4.79 Å². The molecule has 0 fully saturated rings. The number of ether oxygens (including phenoxy) is 2. The van der Waals surface area contributed by atoms with Gasteiger partial charge in [-0.2, -0.15) is 0 Å². The third-order valence-electron chi connectivity index (χ3n) is 3.62. The van der Waals surface area contributed by atoms with E-state index in [1.807, 2.05) is 24.3 Å². The van der Waals surface area contributed by atoms with Crippen LogP contribution in [-0.4, -0.2) is 25.7 Å². The Morgan fingerprint density at radius 1 is 1.12 bits per heavy atom. The van der Waals surface area contributed by atoms with Crippen molar-refractivity contribution in [2.45, 2.75) is 25.9 Å². The van der Waals surface area contributed by atoms with Crippen LogP contribution in [0.3, 0.4) is 0 Å². The fourth-order valence-corrected chi connectivity index (χ4v) is 2.48. The van der Waals surface area contributed by atoms with E-state index in [1.165, 1.54) is 0 Å². The molecule has 1 N–H and O–H groups in total. The van der Waals surface area contributed by atoms with Gasteiger partial charge < -0.3 is 14.8 Å². The summed E-state index contributed by atoms with van der Waals surface area (Å²) in [6.07, 6.45) is 1.09. The zero-order valence-corrected chi connectivity index (χ0v) is 14.7. The molecular formula is C19H22ClNO3. The van der Waals surface area contributed by atoms with E-state index in [2.05, 4.69) is 5.32 Å². The van der Waals surface area contributed by atoms with E-state index >= 15 is 0 Å². The molecule has 0 heterocycles. The van der Waals surface area contributed by atoms with E-state index in [1.54, 1.807) is 38.3 Å². The van der Waals surface area contributed by atoms with Gasteiger partial charge in [-0.05, 0) is 55.7 Å². The number of nitrogens with one attached hydrogen (secondary N) is 1. The minimum absolute atomic E-state index is 0.134.